The fourth-order valence-corrected chi connectivity index (χ4v) is 6.22. The van der Waals surface area contributed by atoms with E-state index in [1.807, 2.05) is 0 Å². The Morgan fingerprint density at radius 3 is 1.75 bits per heavy atom. The molecule has 0 aliphatic rings. The van der Waals surface area contributed by atoms with Gasteiger partial charge in [0.2, 0.25) is 0 Å². The third kappa shape index (κ3) is 11.9. The number of hydrogen-bond donors (Lipinski definition) is 1. The van der Waals surface area contributed by atoms with Gasteiger partial charge in [0.25, 0.3) is 0 Å². The Morgan fingerprint density at radius 1 is 0.642 bits per heavy atom. The molecule has 15 nitrogen and oxygen atoms in total. The first-order valence-electron chi connectivity index (χ1n) is 15.5. The Morgan fingerprint density at radius 2 is 1.23 bits per heavy atom. The average Bonchev–Trinajstić information content (AvgIpc) is 3.01. The van der Waals surface area contributed by atoms with Crippen LogP contribution in [-0.2, 0) is 41.7 Å². The number of nitrogens with one attached hydrogen (secondary N) is 1. The SMILES string of the molecule is COc1cc(-c2ccc(OS(C)(=O)=O)cc2)c(OC)c(OS(C)(=O)=O)c1-c1ccc(OCc2ccc(NC(=O)OC(C)(C)C)cc2)c(OS(C)(=O)=O)c1. The number of ether oxygens (including phenoxy) is 4. The molecule has 0 saturated heterocycles. The van der Waals surface area contributed by atoms with Gasteiger partial charge < -0.3 is 31.5 Å². The van der Waals surface area contributed by atoms with Crippen LogP contribution < -0.4 is 32.1 Å². The van der Waals surface area contributed by atoms with Gasteiger partial charge in [-0.1, -0.05) is 30.3 Å². The van der Waals surface area contributed by atoms with E-state index in [4.69, 9.17) is 31.5 Å². The lowest BCUT2D eigenvalue weighted by atomic mass is 9.96. The molecule has 0 atom stereocenters. The number of carbonyl (C=O) groups is 1. The van der Waals surface area contributed by atoms with Gasteiger partial charge in [-0.05, 0) is 79.9 Å². The minimum Gasteiger partial charge on any atom is -0.496 e. The van der Waals surface area contributed by atoms with Crippen LogP contribution in [0.4, 0.5) is 10.5 Å². The topological polar surface area (TPSA) is 196 Å². The number of methoxy groups -OCH3 is 2. The van der Waals surface area contributed by atoms with Gasteiger partial charge in [-0.25, -0.2) is 4.79 Å². The first kappa shape index (κ1) is 40.6. The average molecular weight is 794 g/mol. The van der Waals surface area contributed by atoms with Crippen LogP contribution in [0.2, 0.25) is 0 Å². The van der Waals surface area contributed by atoms with Gasteiger partial charge in [0.1, 0.15) is 23.7 Å². The highest BCUT2D eigenvalue weighted by Crippen LogP contribution is 2.52. The van der Waals surface area contributed by atoms with Gasteiger partial charge in [0, 0.05) is 11.3 Å². The first-order valence-corrected chi connectivity index (χ1v) is 20.9. The van der Waals surface area contributed by atoms with Crippen LogP contribution in [0.5, 0.6) is 34.5 Å². The first-order chi connectivity index (χ1) is 24.5. The standard InChI is InChI=1S/C35H39NO14S3/c1-35(2,3)47-34(37)36-25-14-9-22(10-15-25)21-46-28-18-13-24(19-29(28)49-52(7,40)41)31-30(44-4)20-27(32(45-5)33(31)50-53(8,42)43)23-11-16-26(17-12-23)48-51(6,38)39/h9-20H,21H2,1-8H3,(H,36,37). The molecule has 18 heteroatoms. The second-order valence-corrected chi connectivity index (χ2v) is 17.2. The van der Waals surface area contributed by atoms with Gasteiger partial charge >= 0.3 is 36.4 Å². The Kier molecular flexibility index (Phi) is 12.1. The molecule has 0 saturated carbocycles. The van der Waals surface area contributed by atoms with Crippen molar-refractivity contribution in [3.8, 4) is 56.8 Å². The zero-order valence-electron chi connectivity index (χ0n) is 30.1. The highest BCUT2D eigenvalue weighted by atomic mass is 32.2. The van der Waals surface area contributed by atoms with Crippen molar-refractivity contribution in [3.63, 3.8) is 0 Å². The van der Waals surface area contributed by atoms with E-state index in [0.29, 0.717) is 22.4 Å². The minimum absolute atomic E-state index is 0.0275. The van der Waals surface area contributed by atoms with Crippen LogP contribution in [0.3, 0.4) is 0 Å². The molecule has 53 heavy (non-hydrogen) atoms. The number of carbonyl (C=O) groups excluding carboxylic acids is 1. The normalized spacial score (nSPS) is 12.0. The smallest absolute Gasteiger partial charge is 0.412 e. The van der Waals surface area contributed by atoms with Crippen LogP contribution in [0, 0.1) is 0 Å². The fourth-order valence-electron chi connectivity index (χ4n) is 4.84. The molecule has 1 N–H and O–H groups in total. The zero-order chi connectivity index (χ0) is 39.4. The number of amides is 1. The molecule has 4 aromatic rings. The van der Waals surface area contributed by atoms with Crippen LogP contribution in [0.25, 0.3) is 22.3 Å². The van der Waals surface area contributed by atoms with Gasteiger partial charge in [-0.15, -0.1) is 0 Å². The molecule has 0 aliphatic heterocycles. The van der Waals surface area contributed by atoms with Crippen molar-refractivity contribution in [2.75, 3.05) is 38.3 Å². The highest BCUT2D eigenvalue weighted by molar-refractivity contribution is 7.86. The number of benzene rings is 4. The molecule has 0 fully saturated rings. The molecular formula is C35H39NO14S3. The van der Waals surface area contributed by atoms with E-state index in [0.717, 1.165) is 18.8 Å². The van der Waals surface area contributed by atoms with Gasteiger partial charge in [0.15, 0.2) is 23.0 Å². The van der Waals surface area contributed by atoms with Crippen molar-refractivity contribution in [1.82, 2.24) is 0 Å². The van der Waals surface area contributed by atoms with E-state index in [-0.39, 0.29) is 52.2 Å². The lowest BCUT2D eigenvalue weighted by Crippen LogP contribution is -2.27. The molecule has 0 heterocycles. The van der Waals surface area contributed by atoms with E-state index in [1.165, 1.54) is 56.7 Å². The third-order valence-electron chi connectivity index (χ3n) is 6.74. The second kappa shape index (κ2) is 15.8. The highest BCUT2D eigenvalue weighted by Gasteiger charge is 2.28. The van der Waals surface area contributed by atoms with Crippen LogP contribution >= 0.6 is 0 Å². The van der Waals surface area contributed by atoms with Crippen molar-refractivity contribution in [2.24, 2.45) is 0 Å². The summed E-state index contributed by atoms with van der Waals surface area (Å²) in [7, 11) is -9.46. The van der Waals surface area contributed by atoms with Crippen molar-refractivity contribution in [2.45, 2.75) is 33.0 Å². The Hall–Kier alpha value is -5.20. The van der Waals surface area contributed by atoms with Crippen molar-refractivity contribution in [3.05, 3.63) is 78.4 Å². The molecule has 1 amide bonds. The molecule has 286 valence electrons. The molecule has 0 unspecified atom stereocenters. The summed E-state index contributed by atoms with van der Waals surface area (Å²) in [4.78, 5) is 12.1. The number of hydrogen-bond acceptors (Lipinski definition) is 14. The second-order valence-electron chi connectivity index (χ2n) is 12.5. The Bertz CT molecular complexity index is 2300. The van der Waals surface area contributed by atoms with Crippen LogP contribution in [0.15, 0.2) is 72.8 Å². The molecular weight excluding hydrogens is 755 g/mol. The maximum atomic E-state index is 12.6. The van der Waals surface area contributed by atoms with E-state index in [9.17, 15) is 30.0 Å². The maximum Gasteiger partial charge on any atom is 0.412 e. The summed E-state index contributed by atoms with van der Waals surface area (Å²) >= 11 is 0. The lowest BCUT2D eigenvalue weighted by Gasteiger charge is -2.21. The molecule has 4 rings (SSSR count). The Labute approximate surface area is 309 Å². The summed E-state index contributed by atoms with van der Waals surface area (Å²) in [5, 5.41) is 2.63. The van der Waals surface area contributed by atoms with Crippen LogP contribution in [-0.4, -0.2) is 69.9 Å². The lowest BCUT2D eigenvalue weighted by molar-refractivity contribution is 0.0635. The largest absolute Gasteiger partial charge is 0.496 e. The van der Waals surface area contributed by atoms with Crippen molar-refractivity contribution < 1.29 is 61.5 Å². The third-order valence-corrected chi connectivity index (χ3v) is 8.19. The quantitative estimate of drug-likeness (QED) is 0.146. The fraction of sp³-hybridized carbons (Fsp3) is 0.286. The summed E-state index contributed by atoms with van der Waals surface area (Å²) in [6.45, 7) is 5.21. The molecule has 0 spiro atoms. The number of rotatable bonds is 14. The van der Waals surface area contributed by atoms with E-state index in [1.54, 1.807) is 51.1 Å². The minimum atomic E-state index is -4.20. The predicted octanol–water partition coefficient (Wildman–Crippen LogP) is 5.98. The molecule has 4 aromatic carbocycles. The van der Waals surface area contributed by atoms with Gasteiger partial charge in [0.05, 0.1) is 38.6 Å². The number of anilines is 1. The summed E-state index contributed by atoms with van der Waals surface area (Å²) in [5.74, 6) is -0.405. The molecule has 0 aromatic heterocycles. The Balaban J connectivity index is 1.76. The van der Waals surface area contributed by atoms with Crippen molar-refractivity contribution >= 4 is 42.1 Å². The van der Waals surface area contributed by atoms with E-state index in [2.05, 4.69) is 5.32 Å². The summed E-state index contributed by atoms with van der Waals surface area (Å²) in [6.07, 6.45) is 1.97. The molecule has 0 bridgehead atoms. The summed E-state index contributed by atoms with van der Waals surface area (Å²) in [5.41, 5.74) is 1.49. The van der Waals surface area contributed by atoms with Gasteiger partial charge in [-0.3, -0.25) is 5.32 Å². The maximum absolute atomic E-state index is 12.6. The molecule has 0 radical (unpaired) electrons. The van der Waals surface area contributed by atoms with E-state index >= 15 is 0 Å². The molecule has 0 aliphatic carbocycles. The zero-order valence-corrected chi connectivity index (χ0v) is 32.5. The van der Waals surface area contributed by atoms with Crippen LogP contribution in [0.1, 0.15) is 26.3 Å². The van der Waals surface area contributed by atoms with E-state index < -0.39 is 42.0 Å². The van der Waals surface area contributed by atoms with Gasteiger partial charge in [-0.2, -0.15) is 25.3 Å². The monoisotopic (exact) mass is 793 g/mol. The van der Waals surface area contributed by atoms with Crippen molar-refractivity contribution in [1.29, 1.82) is 0 Å². The summed E-state index contributed by atoms with van der Waals surface area (Å²) in [6, 6.07) is 18.3. The predicted molar refractivity (Wildman–Crippen MR) is 197 cm³/mol. The summed E-state index contributed by atoms with van der Waals surface area (Å²) < 4.78 is 111.